The molecule has 1 aliphatic rings. The molecule has 0 bridgehead atoms. The van der Waals surface area contributed by atoms with Crippen LogP contribution in [0.3, 0.4) is 0 Å². The number of aliphatic hydroxyl groups is 1. The number of hydrogen-bond donors (Lipinski definition) is 2. The smallest absolute Gasteiger partial charge is 0.220 e. The van der Waals surface area contributed by atoms with Crippen molar-refractivity contribution >= 4 is 5.91 Å². The molecule has 0 unspecified atom stereocenters. The lowest BCUT2D eigenvalue weighted by Gasteiger charge is -2.21. The van der Waals surface area contributed by atoms with Crippen LogP contribution in [0.2, 0.25) is 0 Å². The van der Waals surface area contributed by atoms with Crippen LogP contribution in [0.25, 0.3) is 0 Å². The highest BCUT2D eigenvalue weighted by atomic mass is 16.3. The van der Waals surface area contributed by atoms with E-state index in [0.717, 1.165) is 12.3 Å². The summed E-state index contributed by atoms with van der Waals surface area (Å²) >= 11 is 0. The molecule has 1 fully saturated rings. The number of hydrogen-bond acceptors (Lipinski definition) is 2. The molecule has 0 aliphatic heterocycles. The zero-order valence-corrected chi connectivity index (χ0v) is 10.4. The number of carbonyl (C=O) groups excluding carboxylic acids is 1. The minimum Gasteiger partial charge on any atom is -0.392 e. The molecule has 1 atom stereocenters. The summed E-state index contributed by atoms with van der Waals surface area (Å²) < 4.78 is 0. The fourth-order valence-corrected chi connectivity index (χ4v) is 2.38. The van der Waals surface area contributed by atoms with Crippen molar-refractivity contribution in [2.45, 2.75) is 64.4 Å². The Bertz CT molecular complexity index is 198. The minimum absolute atomic E-state index is 0.0803. The highest BCUT2D eigenvalue weighted by Gasteiger charge is 2.13. The van der Waals surface area contributed by atoms with E-state index in [2.05, 4.69) is 5.32 Å². The van der Waals surface area contributed by atoms with Crippen LogP contribution in [0.5, 0.6) is 0 Å². The second-order valence-corrected chi connectivity index (χ2v) is 5.05. The summed E-state index contributed by atoms with van der Waals surface area (Å²) in [5, 5.41) is 11.7. The Kier molecular flexibility index (Phi) is 6.46. The molecule has 1 saturated carbocycles. The summed E-state index contributed by atoms with van der Waals surface area (Å²) in [7, 11) is 0. The summed E-state index contributed by atoms with van der Waals surface area (Å²) in [6.45, 7) is 2.06. The van der Waals surface area contributed by atoms with E-state index in [4.69, 9.17) is 5.11 Å². The van der Waals surface area contributed by atoms with Crippen molar-refractivity contribution in [3.63, 3.8) is 0 Å². The normalized spacial score (nSPS) is 19.4. The quantitative estimate of drug-likeness (QED) is 0.731. The standard InChI is InChI=1S/C13H25NO2/c1-11(15)10-14-13(16)9-5-8-12-6-3-2-4-7-12/h11-12,15H,2-10H2,1H3,(H,14,16)/t11-/m0/s1. The van der Waals surface area contributed by atoms with Gasteiger partial charge in [-0.2, -0.15) is 0 Å². The van der Waals surface area contributed by atoms with Crippen LogP contribution in [0, 0.1) is 5.92 Å². The minimum atomic E-state index is -0.442. The molecule has 2 N–H and O–H groups in total. The molecule has 0 radical (unpaired) electrons. The van der Waals surface area contributed by atoms with E-state index in [1.807, 2.05) is 0 Å². The third kappa shape index (κ3) is 6.11. The summed E-state index contributed by atoms with van der Waals surface area (Å²) in [4.78, 5) is 11.4. The Labute approximate surface area is 98.6 Å². The highest BCUT2D eigenvalue weighted by Crippen LogP contribution is 2.27. The number of carbonyl (C=O) groups is 1. The number of nitrogens with one attached hydrogen (secondary N) is 1. The van der Waals surface area contributed by atoms with Gasteiger partial charge >= 0.3 is 0 Å². The first-order chi connectivity index (χ1) is 7.68. The van der Waals surface area contributed by atoms with E-state index >= 15 is 0 Å². The average molecular weight is 227 g/mol. The molecule has 3 nitrogen and oxygen atoms in total. The molecule has 0 aromatic rings. The van der Waals surface area contributed by atoms with Crippen molar-refractivity contribution in [1.29, 1.82) is 0 Å². The fourth-order valence-electron chi connectivity index (χ4n) is 2.38. The third-order valence-corrected chi connectivity index (χ3v) is 3.34. The topological polar surface area (TPSA) is 49.3 Å². The molecule has 0 spiro atoms. The molecular formula is C13H25NO2. The first kappa shape index (κ1) is 13.5. The maximum atomic E-state index is 11.4. The van der Waals surface area contributed by atoms with Gasteiger partial charge in [0.1, 0.15) is 0 Å². The van der Waals surface area contributed by atoms with E-state index in [1.165, 1.54) is 38.5 Å². The molecular weight excluding hydrogens is 202 g/mol. The van der Waals surface area contributed by atoms with Crippen molar-refractivity contribution in [2.75, 3.05) is 6.54 Å². The zero-order chi connectivity index (χ0) is 11.8. The first-order valence-electron chi connectivity index (χ1n) is 6.63. The average Bonchev–Trinajstić information content (AvgIpc) is 2.28. The summed E-state index contributed by atoms with van der Waals surface area (Å²) in [5.41, 5.74) is 0. The predicted molar refractivity (Wildman–Crippen MR) is 65.1 cm³/mol. The van der Waals surface area contributed by atoms with Crippen molar-refractivity contribution in [2.24, 2.45) is 5.92 Å². The van der Waals surface area contributed by atoms with Gasteiger partial charge in [-0.3, -0.25) is 4.79 Å². The Hall–Kier alpha value is -0.570. The molecule has 94 valence electrons. The van der Waals surface area contributed by atoms with Crippen molar-refractivity contribution in [3.05, 3.63) is 0 Å². The molecule has 0 aromatic heterocycles. The van der Waals surface area contributed by atoms with E-state index in [-0.39, 0.29) is 5.91 Å². The predicted octanol–water partition coefficient (Wildman–Crippen LogP) is 2.23. The number of amides is 1. The summed E-state index contributed by atoms with van der Waals surface area (Å²) in [6, 6.07) is 0. The first-order valence-corrected chi connectivity index (χ1v) is 6.63. The molecule has 1 rings (SSSR count). The van der Waals surface area contributed by atoms with E-state index in [0.29, 0.717) is 13.0 Å². The Balaban J connectivity index is 1.99. The second-order valence-electron chi connectivity index (χ2n) is 5.05. The van der Waals surface area contributed by atoms with Gasteiger partial charge in [0.25, 0.3) is 0 Å². The monoisotopic (exact) mass is 227 g/mol. The van der Waals surface area contributed by atoms with Gasteiger partial charge in [-0.1, -0.05) is 32.1 Å². The van der Waals surface area contributed by atoms with Gasteiger partial charge in [0.15, 0.2) is 0 Å². The molecule has 0 heterocycles. The van der Waals surface area contributed by atoms with E-state index in [1.54, 1.807) is 6.92 Å². The Morgan fingerprint density at radius 2 is 2.06 bits per heavy atom. The van der Waals surface area contributed by atoms with Gasteiger partial charge in [0.2, 0.25) is 5.91 Å². The van der Waals surface area contributed by atoms with Gasteiger partial charge in [0.05, 0.1) is 6.10 Å². The maximum Gasteiger partial charge on any atom is 0.220 e. The van der Waals surface area contributed by atoms with Gasteiger partial charge in [-0.25, -0.2) is 0 Å². The molecule has 1 aliphatic carbocycles. The van der Waals surface area contributed by atoms with Gasteiger partial charge in [0, 0.05) is 13.0 Å². The van der Waals surface area contributed by atoms with Crippen LogP contribution in [-0.2, 0) is 4.79 Å². The molecule has 0 saturated heterocycles. The van der Waals surface area contributed by atoms with Crippen LogP contribution < -0.4 is 5.32 Å². The lowest BCUT2D eigenvalue weighted by atomic mass is 9.86. The summed E-state index contributed by atoms with van der Waals surface area (Å²) in [6.07, 6.45) is 9.22. The molecule has 16 heavy (non-hydrogen) atoms. The molecule has 0 aromatic carbocycles. The van der Waals surface area contributed by atoms with Crippen LogP contribution in [0.15, 0.2) is 0 Å². The maximum absolute atomic E-state index is 11.4. The third-order valence-electron chi connectivity index (χ3n) is 3.34. The Morgan fingerprint density at radius 1 is 1.38 bits per heavy atom. The second kappa shape index (κ2) is 7.66. The summed E-state index contributed by atoms with van der Waals surface area (Å²) in [5.74, 6) is 0.940. The van der Waals surface area contributed by atoms with E-state index < -0.39 is 6.10 Å². The fraction of sp³-hybridized carbons (Fsp3) is 0.923. The largest absolute Gasteiger partial charge is 0.392 e. The zero-order valence-electron chi connectivity index (χ0n) is 10.4. The highest BCUT2D eigenvalue weighted by molar-refractivity contribution is 5.75. The number of aliphatic hydroxyl groups excluding tert-OH is 1. The van der Waals surface area contributed by atoms with Crippen molar-refractivity contribution in [3.8, 4) is 0 Å². The molecule has 1 amide bonds. The van der Waals surface area contributed by atoms with Crippen molar-refractivity contribution in [1.82, 2.24) is 5.32 Å². The van der Waals surface area contributed by atoms with Gasteiger partial charge < -0.3 is 10.4 Å². The van der Waals surface area contributed by atoms with E-state index in [9.17, 15) is 4.79 Å². The lowest BCUT2D eigenvalue weighted by Crippen LogP contribution is -2.30. The van der Waals surface area contributed by atoms with Crippen LogP contribution >= 0.6 is 0 Å². The van der Waals surface area contributed by atoms with Gasteiger partial charge in [-0.05, 0) is 25.7 Å². The van der Waals surface area contributed by atoms with Crippen LogP contribution in [-0.4, -0.2) is 23.7 Å². The van der Waals surface area contributed by atoms with Crippen LogP contribution in [0.4, 0.5) is 0 Å². The lowest BCUT2D eigenvalue weighted by molar-refractivity contribution is -0.121. The Morgan fingerprint density at radius 3 is 2.69 bits per heavy atom. The SMILES string of the molecule is C[C@H](O)CNC(=O)CCCC1CCCCC1. The van der Waals surface area contributed by atoms with Crippen LogP contribution in [0.1, 0.15) is 58.3 Å². The number of rotatable bonds is 6. The molecule has 3 heteroatoms. The van der Waals surface area contributed by atoms with Gasteiger partial charge in [-0.15, -0.1) is 0 Å². The van der Waals surface area contributed by atoms with Crippen molar-refractivity contribution < 1.29 is 9.90 Å².